The Morgan fingerprint density at radius 2 is 2.06 bits per heavy atom. The molecule has 0 radical (unpaired) electrons. The van der Waals surface area contributed by atoms with Crippen LogP contribution >= 0.6 is 0 Å². The molecule has 3 N–H and O–H groups in total. The van der Waals surface area contributed by atoms with Crippen molar-refractivity contribution in [3.05, 3.63) is 23.8 Å². The van der Waals surface area contributed by atoms with E-state index in [0.717, 1.165) is 4.90 Å². The van der Waals surface area contributed by atoms with Gasteiger partial charge in [0, 0.05) is 5.69 Å². The van der Waals surface area contributed by atoms with Crippen LogP contribution < -0.4 is 10.6 Å². The van der Waals surface area contributed by atoms with Crippen molar-refractivity contribution in [2.75, 3.05) is 10.6 Å². The van der Waals surface area contributed by atoms with Crippen molar-refractivity contribution in [3.63, 3.8) is 0 Å². The number of amides is 2. The number of fused-ring (bicyclic) bond motifs is 1. The molecule has 0 spiro atoms. The lowest BCUT2D eigenvalue weighted by Crippen LogP contribution is -2.39. The maximum Gasteiger partial charge on any atom is 0.418 e. The summed E-state index contributed by atoms with van der Waals surface area (Å²) >= 11 is 0. The van der Waals surface area contributed by atoms with Gasteiger partial charge in [-0.15, -0.1) is 0 Å². The molecule has 0 fully saturated rings. The van der Waals surface area contributed by atoms with Crippen molar-refractivity contribution in [1.29, 1.82) is 0 Å². The van der Waals surface area contributed by atoms with Crippen LogP contribution in [0.1, 0.15) is 19.4 Å². The second-order valence-corrected chi connectivity index (χ2v) is 4.32. The van der Waals surface area contributed by atoms with Crippen LogP contribution in [0.15, 0.2) is 18.2 Å². The Labute approximate surface area is 92.5 Å². The van der Waals surface area contributed by atoms with Gasteiger partial charge in [-0.05, 0) is 31.5 Å². The standard InChI is InChI=1S/C11H12N2O3/c1-11(2)7-4-3-6(12)5-8(7)13(9(11)14)10(15)16/h3-5H,12H2,1-2H3,(H,15,16). The molecule has 5 heteroatoms. The average molecular weight is 220 g/mol. The Kier molecular flexibility index (Phi) is 1.95. The van der Waals surface area contributed by atoms with Gasteiger partial charge in [-0.2, -0.15) is 0 Å². The number of carbonyl (C=O) groups excluding carboxylic acids is 1. The lowest BCUT2D eigenvalue weighted by Gasteiger charge is -2.16. The van der Waals surface area contributed by atoms with Gasteiger partial charge in [0.15, 0.2) is 0 Å². The molecule has 0 unspecified atom stereocenters. The summed E-state index contributed by atoms with van der Waals surface area (Å²) in [5.41, 5.74) is 6.27. The maximum atomic E-state index is 11.9. The minimum absolute atomic E-state index is 0.363. The molecule has 0 saturated carbocycles. The average Bonchev–Trinajstić information content (AvgIpc) is 2.34. The summed E-state index contributed by atoms with van der Waals surface area (Å²) < 4.78 is 0. The first kappa shape index (κ1) is 10.5. The molecule has 0 bridgehead atoms. The van der Waals surface area contributed by atoms with Crippen LogP contribution in [0.3, 0.4) is 0 Å². The molecule has 1 aliphatic rings. The third-order valence-corrected chi connectivity index (χ3v) is 2.87. The van der Waals surface area contributed by atoms with Gasteiger partial charge in [-0.1, -0.05) is 6.07 Å². The zero-order valence-corrected chi connectivity index (χ0v) is 9.02. The summed E-state index contributed by atoms with van der Waals surface area (Å²) in [5.74, 6) is -0.444. The fraction of sp³-hybridized carbons (Fsp3) is 0.273. The largest absolute Gasteiger partial charge is 0.464 e. The van der Waals surface area contributed by atoms with Gasteiger partial charge < -0.3 is 10.8 Å². The highest BCUT2D eigenvalue weighted by atomic mass is 16.4. The van der Waals surface area contributed by atoms with E-state index in [1.54, 1.807) is 26.0 Å². The molecule has 5 nitrogen and oxygen atoms in total. The smallest absolute Gasteiger partial charge is 0.418 e. The van der Waals surface area contributed by atoms with Gasteiger partial charge in [0.2, 0.25) is 5.91 Å². The zero-order valence-electron chi connectivity index (χ0n) is 9.02. The van der Waals surface area contributed by atoms with Gasteiger partial charge in [-0.3, -0.25) is 4.79 Å². The second-order valence-electron chi connectivity index (χ2n) is 4.32. The van der Waals surface area contributed by atoms with E-state index in [2.05, 4.69) is 0 Å². The fourth-order valence-electron chi connectivity index (χ4n) is 1.96. The maximum absolute atomic E-state index is 11.9. The molecule has 0 aliphatic carbocycles. The summed E-state index contributed by atoms with van der Waals surface area (Å²) in [4.78, 5) is 23.7. The molecule has 84 valence electrons. The number of hydrogen-bond acceptors (Lipinski definition) is 3. The fourth-order valence-corrected chi connectivity index (χ4v) is 1.96. The van der Waals surface area contributed by atoms with Crippen molar-refractivity contribution in [2.24, 2.45) is 0 Å². The molecular formula is C11H12N2O3. The number of imide groups is 1. The summed E-state index contributed by atoms with van der Waals surface area (Å²) in [7, 11) is 0. The molecule has 0 saturated heterocycles. The molecule has 0 atom stereocenters. The van der Waals surface area contributed by atoms with Crippen LogP contribution in [-0.2, 0) is 10.2 Å². The van der Waals surface area contributed by atoms with E-state index in [1.807, 2.05) is 0 Å². The van der Waals surface area contributed by atoms with Gasteiger partial charge in [0.05, 0.1) is 11.1 Å². The SMILES string of the molecule is CC1(C)C(=O)N(C(=O)O)c2cc(N)ccc21. The predicted octanol–water partition coefficient (Wildman–Crippen LogP) is 1.57. The lowest BCUT2D eigenvalue weighted by molar-refractivity contribution is -0.121. The Bertz CT molecular complexity index is 494. The number of nitrogens with two attached hydrogens (primary N) is 1. The zero-order chi connectivity index (χ0) is 12.1. The first-order valence-electron chi connectivity index (χ1n) is 4.83. The van der Waals surface area contributed by atoms with Crippen molar-refractivity contribution < 1.29 is 14.7 Å². The third kappa shape index (κ3) is 1.18. The second kappa shape index (κ2) is 2.98. The summed E-state index contributed by atoms with van der Waals surface area (Å²) in [6, 6.07) is 4.88. The van der Waals surface area contributed by atoms with E-state index in [1.165, 1.54) is 6.07 Å². The molecule has 1 heterocycles. The number of benzene rings is 1. The summed E-state index contributed by atoms with van der Waals surface area (Å²) in [5, 5.41) is 9.02. The first-order chi connectivity index (χ1) is 7.35. The Morgan fingerprint density at radius 1 is 1.44 bits per heavy atom. The minimum Gasteiger partial charge on any atom is -0.464 e. The third-order valence-electron chi connectivity index (χ3n) is 2.87. The first-order valence-corrected chi connectivity index (χ1v) is 4.83. The quantitative estimate of drug-likeness (QED) is 0.650. The van der Waals surface area contributed by atoms with Crippen LogP contribution in [0.4, 0.5) is 16.2 Å². The Hall–Kier alpha value is -2.04. The minimum atomic E-state index is -1.28. The van der Waals surface area contributed by atoms with Crippen molar-refractivity contribution in [3.8, 4) is 0 Å². The van der Waals surface area contributed by atoms with E-state index >= 15 is 0 Å². The number of nitrogens with zero attached hydrogens (tertiary/aromatic N) is 1. The van der Waals surface area contributed by atoms with Crippen LogP contribution in [0.25, 0.3) is 0 Å². The number of rotatable bonds is 0. The van der Waals surface area contributed by atoms with Crippen molar-refractivity contribution >= 4 is 23.4 Å². The van der Waals surface area contributed by atoms with Crippen LogP contribution in [0, 0.1) is 0 Å². The van der Waals surface area contributed by atoms with Gasteiger partial charge in [0.1, 0.15) is 0 Å². The van der Waals surface area contributed by atoms with E-state index in [0.29, 0.717) is 16.9 Å². The molecule has 1 aromatic carbocycles. The van der Waals surface area contributed by atoms with Crippen molar-refractivity contribution in [2.45, 2.75) is 19.3 Å². The summed E-state index contributed by atoms with van der Waals surface area (Å²) in [6.07, 6.45) is -1.28. The summed E-state index contributed by atoms with van der Waals surface area (Å²) in [6.45, 7) is 3.40. The van der Waals surface area contributed by atoms with Gasteiger partial charge in [-0.25, -0.2) is 9.69 Å². The number of carboxylic acid groups (broad SMARTS) is 1. The number of carbonyl (C=O) groups is 2. The molecule has 1 aliphatic heterocycles. The van der Waals surface area contributed by atoms with Gasteiger partial charge in [0.25, 0.3) is 0 Å². The van der Waals surface area contributed by atoms with Crippen LogP contribution in [0.2, 0.25) is 0 Å². The lowest BCUT2D eigenvalue weighted by atomic mass is 9.86. The Morgan fingerprint density at radius 3 is 2.62 bits per heavy atom. The molecule has 16 heavy (non-hydrogen) atoms. The van der Waals surface area contributed by atoms with E-state index in [9.17, 15) is 9.59 Å². The normalized spacial score (nSPS) is 17.4. The monoisotopic (exact) mass is 220 g/mol. The molecule has 2 rings (SSSR count). The van der Waals surface area contributed by atoms with Gasteiger partial charge >= 0.3 is 6.09 Å². The van der Waals surface area contributed by atoms with E-state index in [4.69, 9.17) is 10.8 Å². The van der Waals surface area contributed by atoms with Crippen LogP contribution in [0.5, 0.6) is 0 Å². The topological polar surface area (TPSA) is 83.6 Å². The molecule has 1 aromatic rings. The highest BCUT2D eigenvalue weighted by molar-refractivity contribution is 6.20. The number of nitrogen functional groups attached to an aromatic ring is 1. The number of anilines is 2. The number of hydrogen-bond donors (Lipinski definition) is 2. The molecule has 2 amide bonds. The van der Waals surface area contributed by atoms with Crippen molar-refractivity contribution in [1.82, 2.24) is 0 Å². The van der Waals surface area contributed by atoms with Crippen LogP contribution in [-0.4, -0.2) is 17.1 Å². The van der Waals surface area contributed by atoms with E-state index in [-0.39, 0.29) is 0 Å². The predicted molar refractivity (Wildman–Crippen MR) is 59.4 cm³/mol. The highest BCUT2D eigenvalue weighted by Crippen LogP contribution is 2.42. The Balaban J connectivity index is 2.70. The highest BCUT2D eigenvalue weighted by Gasteiger charge is 2.46. The van der Waals surface area contributed by atoms with E-state index < -0.39 is 17.4 Å². The molecular weight excluding hydrogens is 208 g/mol. The molecule has 0 aromatic heterocycles.